The second-order valence-electron chi connectivity index (χ2n) is 7.95. The van der Waals surface area contributed by atoms with E-state index in [1.165, 1.54) is 27.5 Å². The SMILES string of the molecule is COc1cc(/C=N/NC(=O)C(NC(=O)c2ccccc2)c2n[nH]c(=O)c3ccccc23)cc(OC)c1OC. The Morgan fingerprint density at radius 2 is 1.55 bits per heavy atom. The number of carbonyl (C=O) groups excluding carboxylic acids is 2. The van der Waals surface area contributed by atoms with Gasteiger partial charge in [0.15, 0.2) is 17.5 Å². The van der Waals surface area contributed by atoms with Crippen LogP contribution in [0.25, 0.3) is 10.8 Å². The van der Waals surface area contributed by atoms with E-state index in [1.807, 2.05) is 0 Å². The molecule has 0 fully saturated rings. The van der Waals surface area contributed by atoms with Crippen LogP contribution in [0.3, 0.4) is 0 Å². The summed E-state index contributed by atoms with van der Waals surface area (Å²) in [4.78, 5) is 38.6. The highest BCUT2D eigenvalue weighted by Gasteiger charge is 2.27. The second kappa shape index (κ2) is 11.7. The van der Waals surface area contributed by atoms with Gasteiger partial charge in [0, 0.05) is 16.5 Å². The molecule has 0 aliphatic carbocycles. The fourth-order valence-electron chi connectivity index (χ4n) is 3.83. The summed E-state index contributed by atoms with van der Waals surface area (Å²) in [6, 6.07) is 17.1. The van der Waals surface area contributed by atoms with Crippen molar-refractivity contribution in [2.45, 2.75) is 6.04 Å². The Kier molecular flexibility index (Phi) is 7.97. The molecule has 3 N–H and O–H groups in total. The van der Waals surface area contributed by atoms with Gasteiger partial charge >= 0.3 is 0 Å². The minimum atomic E-state index is -1.28. The maximum atomic E-state index is 13.3. The van der Waals surface area contributed by atoms with Crippen LogP contribution < -0.4 is 30.5 Å². The minimum Gasteiger partial charge on any atom is -0.493 e. The van der Waals surface area contributed by atoms with Crippen LogP contribution in [0, 0.1) is 0 Å². The lowest BCUT2D eigenvalue weighted by Crippen LogP contribution is -2.40. The molecule has 11 nitrogen and oxygen atoms in total. The number of rotatable bonds is 9. The Morgan fingerprint density at radius 1 is 0.921 bits per heavy atom. The van der Waals surface area contributed by atoms with Gasteiger partial charge in [-0.1, -0.05) is 36.4 Å². The number of aromatic amines is 1. The highest BCUT2D eigenvalue weighted by atomic mass is 16.5. The van der Waals surface area contributed by atoms with Crippen LogP contribution in [0.4, 0.5) is 0 Å². The van der Waals surface area contributed by atoms with Crippen molar-refractivity contribution in [3.05, 3.63) is 93.9 Å². The van der Waals surface area contributed by atoms with Crippen molar-refractivity contribution in [3.8, 4) is 17.2 Å². The van der Waals surface area contributed by atoms with E-state index in [0.29, 0.717) is 39.1 Å². The lowest BCUT2D eigenvalue weighted by atomic mass is 10.0. The van der Waals surface area contributed by atoms with Gasteiger partial charge in [0.2, 0.25) is 5.75 Å². The number of fused-ring (bicyclic) bond motifs is 1. The van der Waals surface area contributed by atoms with Gasteiger partial charge in [-0.15, -0.1) is 0 Å². The Balaban J connectivity index is 1.66. The highest BCUT2D eigenvalue weighted by Crippen LogP contribution is 2.37. The quantitative estimate of drug-likeness (QED) is 0.230. The fourth-order valence-corrected chi connectivity index (χ4v) is 3.83. The summed E-state index contributed by atoms with van der Waals surface area (Å²) < 4.78 is 16.0. The molecule has 2 amide bonds. The van der Waals surface area contributed by atoms with E-state index in [9.17, 15) is 14.4 Å². The number of ether oxygens (including phenoxy) is 3. The first-order valence-corrected chi connectivity index (χ1v) is 11.4. The van der Waals surface area contributed by atoms with E-state index < -0.39 is 23.4 Å². The zero-order valence-electron chi connectivity index (χ0n) is 20.8. The molecule has 1 unspecified atom stereocenters. The number of hydrazone groups is 1. The Morgan fingerprint density at radius 3 is 2.18 bits per heavy atom. The topological polar surface area (TPSA) is 144 Å². The number of methoxy groups -OCH3 is 3. The van der Waals surface area contributed by atoms with Crippen molar-refractivity contribution in [2.75, 3.05) is 21.3 Å². The van der Waals surface area contributed by atoms with Crippen molar-refractivity contribution in [1.29, 1.82) is 0 Å². The third-order valence-electron chi connectivity index (χ3n) is 5.65. The minimum absolute atomic E-state index is 0.157. The van der Waals surface area contributed by atoms with Crippen LogP contribution >= 0.6 is 0 Å². The second-order valence-corrected chi connectivity index (χ2v) is 7.95. The molecule has 194 valence electrons. The highest BCUT2D eigenvalue weighted by molar-refractivity contribution is 5.99. The van der Waals surface area contributed by atoms with Crippen LogP contribution in [-0.4, -0.2) is 49.6 Å². The number of hydrogen-bond donors (Lipinski definition) is 3. The van der Waals surface area contributed by atoms with Crippen molar-refractivity contribution >= 4 is 28.8 Å². The van der Waals surface area contributed by atoms with Crippen LogP contribution in [0.1, 0.15) is 27.7 Å². The third kappa shape index (κ3) is 5.46. The van der Waals surface area contributed by atoms with Gasteiger partial charge in [-0.05, 0) is 30.3 Å². The van der Waals surface area contributed by atoms with E-state index in [1.54, 1.807) is 66.7 Å². The summed E-state index contributed by atoms with van der Waals surface area (Å²) in [6.07, 6.45) is 1.39. The predicted molar refractivity (Wildman–Crippen MR) is 141 cm³/mol. The standard InChI is InChI=1S/C27H25N5O6/c1-36-20-13-16(14-21(37-2)24(20)38-3)15-28-31-27(35)23(29-25(33)17-9-5-4-6-10-17)22-18-11-7-8-12-19(18)26(34)32-30-22/h4-15,23H,1-3H3,(H,29,33)(H,31,35)(H,32,34)/b28-15+. The first kappa shape index (κ1) is 25.9. The normalized spacial score (nSPS) is 11.7. The summed E-state index contributed by atoms with van der Waals surface area (Å²) in [5.74, 6) is 0.0584. The van der Waals surface area contributed by atoms with E-state index in [0.717, 1.165) is 0 Å². The van der Waals surface area contributed by atoms with Crippen LogP contribution in [0.5, 0.6) is 17.2 Å². The summed E-state index contributed by atoms with van der Waals surface area (Å²) in [7, 11) is 4.47. The molecule has 0 aliphatic rings. The zero-order valence-corrected chi connectivity index (χ0v) is 20.8. The number of nitrogens with one attached hydrogen (secondary N) is 3. The Bertz CT molecular complexity index is 1530. The van der Waals surface area contributed by atoms with Crippen LogP contribution in [-0.2, 0) is 4.79 Å². The van der Waals surface area contributed by atoms with Crippen LogP contribution in [0.15, 0.2) is 76.6 Å². The molecule has 0 spiro atoms. The molecule has 11 heteroatoms. The maximum Gasteiger partial charge on any atom is 0.272 e. The maximum absolute atomic E-state index is 13.3. The molecule has 1 aromatic heterocycles. The van der Waals surface area contributed by atoms with E-state index >= 15 is 0 Å². The zero-order chi connectivity index (χ0) is 27.1. The summed E-state index contributed by atoms with van der Waals surface area (Å²) >= 11 is 0. The van der Waals surface area contributed by atoms with Crippen LogP contribution in [0.2, 0.25) is 0 Å². The molecule has 38 heavy (non-hydrogen) atoms. The molecule has 4 aromatic rings. The van der Waals surface area contributed by atoms with Gasteiger partial charge in [-0.2, -0.15) is 10.2 Å². The number of amides is 2. The van der Waals surface area contributed by atoms with Gasteiger partial charge in [-0.25, -0.2) is 10.5 Å². The van der Waals surface area contributed by atoms with Crippen molar-refractivity contribution in [3.63, 3.8) is 0 Å². The van der Waals surface area contributed by atoms with Gasteiger partial charge in [0.25, 0.3) is 17.4 Å². The number of carbonyl (C=O) groups is 2. The molecule has 0 bridgehead atoms. The molecular formula is C27H25N5O6. The first-order chi connectivity index (χ1) is 18.5. The summed E-state index contributed by atoms with van der Waals surface area (Å²) in [6.45, 7) is 0. The van der Waals surface area contributed by atoms with Gasteiger partial charge in [0.05, 0.1) is 32.9 Å². The molecule has 0 aliphatic heterocycles. The number of nitrogens with zero attached hydrogens (tertiary/aromatic N) is 2. The Labute approximate surface area is 217 Å². The van der Waals surface area contributed by atoms with Gasteiger partial charge in [-0.3, -0.25) is 14.4 Å². The van der Waals surface area contributed by atoms with Crippen molar-refractivity contribution in [2.24, 2.45) is 5.10 Å². The Hall–Kier alpha value is -5.19. The predicted octanol–water partition coefficient (Wildman–Crippen LogP) is 2.57. The average Bonchev–Trinajstić information content (AvgIpc) is 2.96. The lowest BCUT2D eigenvalue weighted by Gasteiger charge is -2.18. The smallest absolute Gasteiger partial charge is 0.272 e. The molecule has 1 atom stereocenters. The van der Waals surface area contributed by atoms with Crippen molar-refractivity contribution < 1.29 is 23.8 Å². The third-order valence-corrected chi connectivity index (χ3v) is 5.65. The summed E-state index contributed by atoms with van der Waals surface area (Å²) in [5, 5.41) is 14.0. The molecule has 0 saturated carbocycles. The molecule has 1 heterocycles. The van der Waals surface area contributed by atoms with Gasteiger partial charge < -0.3 is 19.5 Å². The van der Waals surface area contributed by atoms with E-state index in [-0.39, 0.29) is 5.69 Å². The average molecular weight is 516 g/mol. The first-order valence-electron chi connectivity index (χ1n) is 11.4. The van der Waals surface area contributed by atoms with E-state index in [2.05, 4.69) is 26.0 Å². The fraction of sp³-hybridized carbons (Fsp3) is 0.148. The number of aromatic nitrogens is 2. The number of hydrogen-bond acceptors (Lipinski definition) is 8. The monoisotopic (exact) mass is 515 g/mol. The largest absolute Gasteiger partial charge is 0.493 e. The van der Waals surface area contributed by atoms with E-state index in [4.69, 9.17) is 14.2 Å². The molecule has 3 aromatic carbocycles. The van der Waals surface area contributed by atoms with Gasteiger partial charge in [0.1, 0.15) is 5.69 Å². The molecule has 4 rings (SSSR count). The molecular weight excluding hydrogens is 490 g/mol. The van der Waals surface area contributed by atoms with Crippen molar-refractivity contribution in [1.82, 2.24) is 20.9 Å². The number of benzene rings is 3. The summed E-state index contributed by atoms with van der Waals surface area (Å²) in [5.41, 5.74) is 3.08. The molecule has 0 radical (unpaired) electrons. The number of H-pyrrole nitrogens is 1. The molecule has 0 saturated heterocycles. The lowest BCUT2D eigenvalue weighted by molar-refractivity contribution is -0.123.